The molecule has 7 nitrogen and oxygen atoms in total. The van der Waals surface area contributed by atoms with Crippen LogP contribution in [0.5, 0.6) is 0 Å². The van der Waals surface area contributed by atoms with Crippen molar-refractivity contribution in [3.05, 3.63) is 48.2 Å². The van der Waals surface area contributed by atoms with Gasteiger partial charge in [0.2, 0.25) is 11.8 Å². The molecule has 0 unspecified atom stereocenters. The van der Waals surface area contributed by atoms with Crippen molar-refractivity contribution in [2.24, 2.45) is 11.8 Å². The number of ether oxygens (including phenoxy) is 2. The van der Waals surface area contributed by atoms with Gasteiger partial charge in [0.1, 0.15) is 5.60 Å². The SMILES string of the molecule is COCCCNC(=O)[C@@H]1[C@@H]2C=C[C@]3(CN(CCc4c[nH]c5ccccc45)C(=O)[C@H]13)O2. The number of nitrogens with one attached hydrogen (secondary N) is 2. The number of para-hydroxylation sites is 1. The molecule has 5 rings (SSSR count). The molecule has 1 spiro atoms. The lowest BCUT2D eigenvalue weighted by atomic mass is 9.77. The average molecular weight is 409 g/mol. The summed E-state index contributed by atoms with van der Waals surface area (Å²) in [6, 6.07) is 8.18. The van der Waals surface area contributed by atoms with E-state index in [9.17, 15) is 9.59 Å². The monoisotopic (exact) mass is 409 g/mol. The largest absolute Gasteiger partial charge is 0.385 e. The number of H-pyrrole nitrogens is 1. The lowest BCUT2D eigenvalue weighted by Gasteiger charge is -2.23. The Bertz CT molecular complexity index is 999. The van der Waals surface area contributed by atoms with Crippen LogP contribution in [0.1, 0.15) is 12.0 Å². The van der Waals surface area contributed by atoms with Crippen LogP contribution in [0.3, 0.4) is 0 Å². The number of carbonyl (C=O) groups is 2. The van der Waals surface area contributed by atoms with E-state index in [1.54, 1.807) is 7.11 Å². The molecule has 0 radical (unpaired) electrons. The molecular formula is C23H27N3O4. The third-order valence-corrected chi connectivity index (χ3v) is 6.63. The highest BCUT2D eigenvalue weighted by molar-refractivity contribution is 5.93. The zero-order valence-corrected chi connectivity index (χ0v) is 17.1. The van der Waals surface area contributed by atoms with Gasteiger partial charge < -0.3 is 24.7 Å². The Kier molecular flexibility index (Phi) is 4.87. The summed E-state index contributed by atoms with van der Waals surface area (Å²) in [6.07, 6.45) is 7.17. The van der Waals surface area contributed by atoms with Crippen molar-refractivity contribution in [2.45, 2.75) is 24.5 Å². The Morgan fingerprint density at radius 3 is 3.13 bits per heavy atom. The number of aromatic nitrogens is 1. The smallest absolute Gasteiger partial charge is 0.230 e. The number of likely N-dealkylation sites (tertiary alicyclic amines) is 1. The van der Waals surface area contributed by atoms with E-state index >= 15 is 0 Å². The second kappa shape index (κ2) is 7.56. The lowest BCUT2D eigenvalue weighted by Crippen LogP contribution is -2.44. The van der Waals surface area contributed by atoms with Crippen LogP contribution in [0.15, 0.2) is 42.6 Å². The van der Waals surface area contributed by atoms with Gasteiger partial charge in [0, 0.05) is 43.9 Å². The summed E-state index contributed by atoms with van der Waals surface area (Å²) in [5.74, 6) is -0.959. The molecule has 2 aromatic rings. The molecule has 2 N–H and O–H groups in total. The van der Waals surface area contributed by atoms with Gasteiger partial charge in [0.05, 0.1) is 24.5 Å². The van der Waals surface area contributed by atoms with E-state index in [1.807, 2.05) is 35.4 Å². The number of fused-ring (bicyclic) bond motifs is 2. The molecule has 4 heterocycles. The summed E-state index contributed by atoms with van der Waals surface area (Å²) in [7, 11) is 1.64. The molecule has 0 aliphatic carbocycles. The van der Waals surface area contributed by atoms with Gasteiger partial charge in [-0.05, 0) is 24.5 Å². The normalized spacial score (nSPS) is 29.2. The summed E-state index contributed by atoms with van der Waals surface area (Å²) in [5.41, 5.74) is 1.64. The second-order valence-corrected chi connectivity index (χ2v) is 8.41. The van der Waals surface area contributed by atoms with Crippen molar-refractivity contribution in [3.63, 3.8) is 0 Å². The zero-order chi connectivity index (χ0) is 20.7. The highest BCUT2D eigenvalue weighted by Gasteiger charge is 2.66. The predicted octanol–water partition coefficient (Wildman–Crippen LogP) is 1.65. The Morgan fingerprint density at radius 1 is 1.40 bits per heavy atom. The fraction of sp³-hybridized carbons (Fsp3) is 0.478. The van der Waals surface area contributed by atoms with Crippen molar-refractivity contribution < 1.29 is 19.1 Å². The van der Waals surface area contributed by atoms with E-state index in [4.69, 9.17) is 9.47 Å². The van der Waals surface area contributed by atoms with Crippen LogP contribution in [0.25, 0.3) is 10.9 Å². The molecule has 1 aromatic carbocycles. The fourth-order valence-corrected chi connectivity index (χ4v) is 5.21. The quantitative estimate of drug-likeness (QED) is 0.513. The van der Waals surface area contributed by atoms with Crippen LogP contribution in [0.4, 0.5) is 0 Å². The molecule has 2 amide bonds. The maximum Gasteiger partial charge on any atom is 0.230 e. The summed E-state index contributed by atoms with van der Waals surface area (Å²) in [6.45, 7) is 2.26. The highest BCUT2D eigenvalue weighted by atomic mass is 16.5. The summed E-state index contributed by atoms with van der Waals surface area (Å²) in [5, 5.41) is 4.14. The number of hydrogen-bond acceptors (Lipinski definition) is 4. The van der Waals surface area contributed by atoms with Crippen LogP contribution in [-0.4, -0.2) is 66.8 Å². The number of hydrogen-bond donors (Lipinski definition) is 2. The standard InChI is InChI=1S/C23H27N3O4/c1-29-12-4-10-24-21(27)19-18-7-9-23(30-18)14-26(22(28)20(19)23)11-8-15-13-25-17-6-3-2-5-16(15)17/h2-3,5-7,9,13,18-20,25H,4,8,10-12,14H2,1H3,(H,24,27)/t18-,19+,20-,23+/m0/s1. The first-order valence-corrected chi connectivity index (χ1v) is 10.6. The summed E-state index contributed by atoms with van der Waals surface area (Å²) in [4.78, 5) is 31.3. The van der Waals surface area contributed by atoms with E-state index in [0.717, 1.165) is 18.4 Å². The summed E-state index contributed by atoms with van der Waals surface area (Å²) >= 11 is 0. The Morgan fingerprint density at radius 2 is 2.27 bits per heavy atom. The van der Waals surface area contributed by atoms with Crippen LogP contribution in [0.2, 0.25) is 0 Å². The average Bonchev–Trinajstić information content (AvgIpc) is 3.49. The van der Waals surface area contributed by atoms with Crippen molar-refractivity contribution in [2.75, 3.05) is 33.4 Å². The maximum atomic E-state index is 13.3. The lowest BCUT2D eigenvalue weighted by molar-refractivity contribution is -0.137. The van der Waals surface area contributed by atoms with E-state index in [1.165, 1.54) is 10.9 Å². The second-order valence-electron chi connectivity index (χ2n) is 8.41. The van der Waals surface area contributed by atoms with Gasteiger partial charge in [0.25, 0.3) is 0 Å². The van der Waals surface area contributed by atoms with E-state index in [0.29, 0.717) is 26.2 Å². The van der Waals surface area contributed by atoms with Crippen LogP contribution in [0, 0.1) is 11.8 Å². The Labute approximate surface area is 175 Å². The predicted molar refractivity (Wildman–Crippen MR) is 112 cm³/mol. The molecule has 158 valence electrons. The maximum absolute atomic E-state index is 13.3. The molecule has 3 aliphatic rings. The van der Waals surface area contributed by atoms with E-state index in [2.05, 4.69) is 22.4 Å². The molecule has 4 atom stereocenters. The number of benzene rings is 1. The first-order chi connectivity index (χ1) is 14.6. The van der Waals surface area contributed by atoms with E-state index < -0.39 is 17.4 Å². The minimum absolute atomic E-state index is 0.0266. The van der Waals surface area contributed by atoms with Gasteiger partial charge >= 0.3 is 0 Å². The molecule has 2 bridgehead atoms. The minimum Gasteiger partial charge on any atom is -0.385 e. The van der Waals surface area contributed by atoms with Gasteiger partial charge in [0.15, 0.2) is 0 Å². The van der Waals surface area contributed by atoms with Crippen molar-refractivity contribution in [1.29, 1.82) is 0 Å². The topological polar surface area (TPSA) is 83.7 Å². The van der Waals surface area contributed by atoms with Gasteiger partial charge in [-0.2, -0.15) is 0 Å². The van der Waals surface area contributed by atoms with Gasteiger partial charge in [-0.25, -0.2) is 0 Å². The number of amides is 2. The first kappa shape index (κ1) is 19.3. The molecule has 2 saturated heterocycles. The molecule has 2 fully saturated rings. The van der Waals surface area contributed by atoms with Crippen molar-refractivity contribution >= 4 is 22.7 Å². The van der Waals surface area contributed by atoms with Gasteiger partial charge in [-0.1, -0.05) is 30.4 Å². The molecule has 7 heteroatoms. The number of rotatable bonds is 8. The number of nitrogens with zero attached hydrogens (tertiary/aromatic N) is 1. The third kappa shape index (κ3) is 3.04. The Balaban J connectivity index is 1.27. The number of methoxy groups -OCH3 is 1. The van der Waals surface area contributed by atoms with Gasteiger partial charge in [-0.15, -0.1) is 0 Å². The first-order valence-electron chi connectivity index (χ1n) is 10.6. The third-order valence-electron chi connectivity index (χ3n) is 6.63. The van der Waals surface area contributed by atoms with Crippen LogP contribution in [-0.2, 0) is 25.5 Å². The zero-order valence-electron chi connectivity index (χ0n) is 17.1. The number of aromatic amines is 1. The van der Waals surface area contributed by atoms with Crippen molar-refractivity contribution in [1.82, 2.24) is 15.2 Å². The molecule has 30 heavy (non-hydrogen) atoms. The molecular weight excluding hydrogens is 382 g/mol. The minimum atomic E-state index is -0.656. The van der Waals surface area contributed by atoms with E-state index in [-0.39, 0.29) is 17.9 Å². The molecule has 0 saturated carbocycles. The van der Waals surface area contributed by atoms with Gasteiger partial charge in [-0.3, -0.25) is 9.59 Å². The molecule has 1 aromatic heterocycles. The van der Waals surface area contributed by atoms with Crippen molar-refractivity contribution in [3.8, 4) is 0 Å². The van der Waals surface area contributed by atoms with Crippen LogP contribution < -0.4 is 5.32 Å². The van der Waals surface area contributed by atoms with Crippen LogP contribution >= 0.6 is 0 Å². The summed E-state index contributed by atoms with van der Waals surface area (Å²) < 4.78 is 11.2. The Hall–Kier alpha value is -2.64. The molecule has 3 aliphatic heterocycles. The highest BCUT2D eigenvalue weighted by Crippen LogP contribution is 2.51. The number of carbonyl (C=O) groups excluding carboxylic acids is 2. The fourth-order valence-electron chi connectivity index (χ4n) is 5.21.